The summed E-state index contributed by atoms with van der Waals surface area (Å²) in [6.07, 6.45) is 2.49. The Hall–Kier alpha value is -13.5. The summed E-state index contributed by atoms with van der Waals surface area (Å²) in [4.78, 5) is 237. The van der Waals surface area contributed by atoms with Crippen LogP contribution in [0.4, 0.5) is 0 Å². The first-order valence-corrected chi connectivity index (χ1v) is 45.3. The number of rotatable bonds is 51. The maximum absolute atomic E-state index is 15.5. The second kappa shape index (κ2) is 51.2. The second-order valence-electron chi connectivity index (χ2n) is 34.0. The van der Waals surface area contributed by atoms with Gasteiger partial charge in [-0.15, -0.1) is 11.8 Å². The number of aromatic amines is 1. The van der Waals surface area contributed by atoms with Crippen LogP contribution in [0.5, 0.6) is 11.5 Å². The fraction of sp³-hybridized carbons (Fsp3) is 0.438. The molecule has 8 rings (SSSR count). The van der Waals surface area contributed by atoms with Crippen LogP contribution in [0.2, 0.25) is 0 Å². The SMILES string of the molecule is CCCC[C@@H](C(=O)N(C)CC(=O)N[C@@H](CC(=O)O)C(=O)N[C@H](C(=O)N(C)[C@@H](Cc1ccccc1)C(=O)N[C@@H](Cc1ccc(O)cc1)C(=O)N1CCC[C@H]1C(=O)N[C@@H](Cc1c[nH]c2ccccc12)C(=O)N[C@H](C=O)Cc1ccc(O)cc1)C(C)C)N(C)C(=O)[C@H](Cc1ccccc1)N(C)C(=O)[C@H](Cc1ccccc1)NC(=O)CSC[C@H](NC(=O)[C@H](CC(C)C)NC)C(=O)NCC(N)=O. The van der Waals surface area contributed by atoms with Crippen LogP contribution in [-0.4, -0.2) is 279 Å². The third-order valence-electron chi connectivity index (χ3n) is 23.0. The number of aromatic hydroxyl groups is 2. The predicted molar refractivity (Wildman–Crippen MR) is 496 cm³/mol. The van der Waals surface area contributed by atoms with Crippen LogP contribution in [0.1, 0.15) is 113 Å². The molecule has 1 aliphatic heterocycles. The molecule has 6 aromatic carbocycles. The van der Waals surface area contributed by atoms with E-state index in [1.807, 2.05) is 45.0 Å². The van der Waals surface area contributed by atoms with Crippen molar-refractivity contribution in [2.75, 3.05) is 66.4 Å². The zero-order chi connectivity index (χ0) is 96.4. The Morgan fingerprint density at radius 1 is 0.530 bits per heavy atom. The number of nitrogens with one attached hydrogen (secondary N) is 10. The molecule has 14 amide bonds. The number of likely N-dealkylation sites (N-methyl/N-ethyl adjacent to an activating group) is 5. The van der Waals surface area contributed by atoms with Crippen LogP contribution in [0.3, 0.4) is 0 Å². The highest BCUT2D eigenvalue weighted by Gasteiger charge is 2.44. The summed E-state index contributed by atoms with van der Waals surface area (Å²) in [7, 11) is 6.95. The van der Waals surface area contributed by atoms with E-state index < -0.39 is 187 Å². The van der Waals surface area contributed by atoms with Gasteiger partial charge in [0.2, 0.25) is 82.7 Å². The van der Waals surface area contributed by atoms with Crippen molar-refractivity contribution in [3.63, 3.8) is 0 Å². The Balaban J connectivity index is 0.983. The average Bonchev–Trinajstić information content (AvgIpc) is 1.41. The van der Waals surface area contributed by atoms with Crippen molar-refractivity contribution in [3.8, 4) is 11.5 Å². The number of nitrogens with zero attached hydrogens (tertiary/aromatic N) is 5. The van der Waals surface area contributed by atoms with Gasteiger partial charge in [-0.2, -0.15) is 0 Å². The van der Waals surface area contributed by atoms with E-state index in [0.29, 0.717) is 65.4 Å². The summed E-state index contributed by atoms with van der Waals surface area (Å²) >= 11 is 0.964. The summed E-state index contributed by atoms with van der Waals surface area (Å²) in [6, 6.07) is 29.5. The third kappa shape index (κ3) is 31.1. The van der Waals surface area contributed by atoms with E-state index in [1.54, 1.807) is 130 Å². The minimum Gasteiger partial charge on any atom is -0.508 e. The molecule has 12 atom stereocenters. The number of phenolic OH excluding ortho intramolecular Hbond substituents is 2. The number of phenols is 2. The van der Waals surface area contributed by atoms with E-state index in [1.165, 1.54) is 79.3 Å². The number of fused-ring (bicyclic) bond motifs is 1. The van der Waals surface area contributed by atoms with E-state index in [-0.39, 0.29) is 86.8 Å². The summed E-state index contributed by atoms with van der Waals surface area (Å²) in [5.74, 6) is -13.8. The van der Waals surface area contributed by atoms with E-state index in [2.05, 4.69) is 52.8 Å². The van der Waals surface area contributed by atoms with E-state index >= 15 is 28.8 Å². The first-order valence-electron chi connectivity index (χ1n) is 44.1. The van der Waals surface area contributed by atoms with Crippen molar-refractivity contribution < 1.29 is 92.0 Å². The van der Waals surface area contributed by atoms with Crippen LogP contribution in [0.25, 0.3) is 10.9 Å². The molecule has 7 aromatic rings. The molecule has 0 bridgehead atoms. The number of amides is 14. The maximum Gasteiger partial charge on any atom is 0.305 e. The molecular formula is C96H124N16O19S. The lowest BCUT2D eigenvalue weighted by molar-refractivity contribution is -0.151. The lowest BCUT2D eigenvalue weighted by Crippen LogP contribution is -2.61. The van der Waals surface area contributed by atoms with Crippen molar-refractivity contribution in [3.05, 3.63) is 203 Å². The molecule has 36 heteroatoms. The number of carboxylic acid groups (broad SMARTS) is 1. The zero-order valence-corrected chi connectivity index (χ0v) is 77.0. The molecular weight excluding hydrogens is 1710 g/mol. The summed E-state index contributed by atoms with van der Waals surface area (Å²) in [6.45, 7) is 7.55. The van der Waals surface area contributed by atoms with Gasteiger partial charge in [0.05, 0.1) is 37.3 Å². The Kier molecular flexibility index (Phi) is 40.3. The number of hydrogen-bond acceptors (Lipinski definition) is 20. The highest BCUT2D eigenvalue weighted by Crippen LogP contribution is 2.27. The van der Waals surface area contributed by atoms with Gasteiger partial charge >= 0.3 is 5.97 Å². The molecule has 0 unspecified atom stereocenters. The molecule has 0 spiro atoms. The molecule has 1 aliphatic rings. The Morgan fingerprint density at radius 2 is 1.05 bits per heavy atom. The summed E-state index contributed by atoms with van der Waals surface area (Å²) < 4.78 is 0. The summed E-state index contributed by atoms with van der Waals surface area (Å²) in [5.41, 5.74) is 9.60. The number of para-hydroxylation sites is 1. The number of carbonyl (C=O) groups is 16. The van der Waals surface area contributed by atoms with Crippen molar-refractivity contribution in [2.24, 2.45) is 17.6 Å². The van der Waals surface area contributed by atoms with Crippen LogP contribution < -0.4 is 53.6 Å². The molecule has 1 fully saturated rings. The van der Waals surface area contributed by atoms with Gasteiger partial charge in [0, 0.05) is 89.7 Å². The Labute approximate surface area is 772 Å². The highest BCUT2D eigenvalue weighted by atomic mass is 32.2. The van der Waals surface area contributed by atoms with Gasteiger partial charge < -0.3 is 103 Å². The van der Waals surface area contributed by atoms with Crippen LogP contribution in [-0.2, 0) is 115 Å². The van der Waals surface area contributed by atoms with Gasteiger partial charge in [0.25, 0.3) is 0 Å². The van der Waals surface area contributed by atoms with Gasteiger partial charge in [-0.25, -0.2) is 0 Å². The molecule has 15 N–H and O–H groups in total. The minimum atomic E-state index is -1.91. The normalized spacial score (nSPS) is 14.9. The number of carbonyl (C=O) groups excluding carboxylic acids is 15. The monoisotopic (exact) mass is 1840 g/mol. The van der Waals surface area contributed by atoms with Gasteiger partial charge in [0.1, 0.15) is 78.2 Å². The number of unbranched alkanes of at least 4 members (excludes halogenated alkanes) is 1. The smallest absolute Gasteiger partial charge is 0.305 e. The number of likely N-dealkylation sites (tertiary alicyclic amines) is 1. The number of benzene rings is 6. The standard InChI is InChI=1S/C96H124N16O19S/c1-11-12-33-78(109(8)95(130)80(49-62-29-20-15-21-30-62)111(10)92(127)74(46-60-25-16-13-17-26-60)103-83(118)57-132-56-76(86(121)100-53-81(97)116)106-87(122)71(98-6)44-58(2)3)94(129)108(7)54-82(117)102-73(51-84(119)120)89(124)107-85(59(4)5)96(131)110(9)79(48-61-27-18-14-19-28-61)91(126)105-75(47-64-37-41-68(115)42-38-64)93(128)112-43-24-34-77(112)90(125)104-72(50-65-52-99-70-32-23-22-31-69(65)70)88(123)101-66(55-113)45-63-35-39-67(114)40-36-63/h13-23,25-32,35-42,52,55,58-59,66,71-80,85,98-99,114-115H,11-12,24,33-34,43-51,53-54,56-57H2,1-10H3,(H2,97,116)(H,100,121)(H,101,123)(H,102,117)(H,103,118)(H,104,125)(H,105,126)(H,106,122)(H,107,124)(H,119,120)/t66-,71-,72-,73-,74-,75-,76-,77-,78-,79-,80-,85-/m0/s1. The minimum absolute atomic E-state index is 0.000545. The number of aromatic nitrogens is 1. The van der Waals surface area contributed by atoms with Gasteiger partial charge in [-0.1, -0.05) is 181 Å². The first kappa shape index (κ1) is 104. The summed E-state index contributed by atoms with van der Waals surface area (Å²) in [5, 5.41) is 55.7. The van der Waals surface area contributed by atoms with Gasteiger partial charge in [-0.3, -0.25) is 71.9 Å². The molecule has 0 radical (unpaired) electrons. The van der Waals surface area contributed by atoms with Crippen LogP contribution in [0, 0.1) is 11.8 Å². The number of aldehydes is 1. The molecule has 35 nitrogen and oxygen atoms in total. The lowest BCUT2D eigenvalue weighted by Gasteiger charge is -2.37. The van der Waals surface area contributed by atoms with Crippen LogP contribution in [0.15, 0.2) is 170 Å². The maximum atomic E-state index is 15.5. The van der Waals surface area contributed by atoms with E-state index in [9.17, 15) is 63.3 Å². The molecule has 132 heavy (non-hydrogen) atoms. The van der Waals surface area contributed by atoms with Gasteiger partial charge in [-0.05, 0) is 115 Å². The molecule has 0 saturated carbocycles. The van der Waals surface area contributed by atoms with E-state index in [0.717, 1.165) is 32.5 Å². The fourth-order valence-corrected chi connectivity index (χ4v) is 16.6. The third-order valence-corrected chi connectivity index (χ3v) is 24.1. The average molecular weight is 1840 g/mol. The zero-order valence-electron chi connectivity index (χ0n) is 76.1. The largest absolute Gasteiger partial charge is 0.508 e. The number of thioether (sulfide) groups is 1. The molecule has 1 aromatic heterocycles. The van der Waals surface area contributed by atoms with Crippen molar-refractivity contribution in [1.82, 2.24) is 77.3 Å². The highest BCUT2D eigenvalue weighted by molar-refractivity contribution is 8.00. The first-order chi connectivity index (χ1) is 63.0. The van der Waals surface area contributed by atoms with Crippen LogP contribution >= 0.6 is 11.8 Å². The molecule has 1 saturated heterocycles. The number of H-pyrrole nitrogens is 1. The Morgan fingerprint density at radius 3 is 1.62 bits per heavy atom. The van der Waals surface area contributed by atoms with Gasteiger partial charge in [0.15, 0.2) is 0 Å². The van der Waals surface area contributed by atoms with Crippen molar-refractivity contribution in [1.29, 1.82) is 0 Å². The fourth-order valence-electron chi connectivity index (χ4n) is 15.7. The van der Waals surface area contributed by atoms with Crippen molar-refractivity contribution in [2.45, 2.75) is 191 Å². The van der Waals surface area contributed by atoms with E-state index in [4.69, 9.17) is 5.73 Å². The molecule has 708 valence electrons. The topological polar surface area (TPSA) is 500 Å². The Bertz CT molecular complexity index is 5110. The molecule has 2 heterocycles. The number of nitrogens with two attached hydrogens (primary N) is 1. The predicted octanol–water partition coefficient (Wildman–Crippen LogP) is 3.15. The quantitative estimate of drug-likeness (QED) is 0.0244. The second-order valence-corrected chi connectivity index (χ2v) is 35.0. The molecule has 0 aliphatic carbocycles. The van der Waals surface area contributed by atoms with Crippen molar-refractivity contribution >= 4 is 118 Å². The number of primary amides is 1. The lowest BCUT2D eigenvalue weighted by atomic mass is 9.98. The number of carboxylic acids is 1. The number of aliphatic carboxylic acids is 1. The number of hydrogen-bond donors (Lipinski definition) is 14.